The Labute approximate surface area is 107 Å². The minimum Gasteiger partial charge on any atom is -0.381 e. The van der Waals surface area contributed by atoms with E-state index in [4.69, 9.17) is 10.5 Å². The number of nitrogens with zero attached hydrogens (tertiary/aromatic N) is 2. The maximum atomic E-state index is 12.0. The third-order valence-electron chi connectivity index (χ3n) is 3.39. The number of imidazole rings is 1. The molecule has 6 nitrogen and oxygen atoms in total. The highest BCUT2D eigenvalue weighted by Gasteiger charge is 2.35. The Bertz CT molecular complexity index is 410. The van der Waals surface area contributed by atoms with Gasteiger partial charge in [-0.15, -0.1) is 0 Å². The average Bonchev–Trinajstić information content (AvgIpc) is 2.76. The van der Waals surface area contributed by atoms with Crippen LogP contribution in [0.25, 0.3) is 0 Å². The van der Waals surface area contributed by atoms with E-state index in [1.165, 1.54) is 0 Å². The van der Waals surface area contributed by atoms with Crippen LogP contribution in [0.15, 0.2) is 12.4 Å². The molecular formula is C12H20N4O2. The molecule has 1 aliphatic rings. The van der Waals surface area contributed by atoms with Gasteiger partial charge in [0.2, 0.25) is 5.91 Å². The Balaban J connectivity index is 1.79. The van der Waals surface area contributed by atoms with Crippen LogP contribution in [0.4, 0.5) is 0 Å². The summed E-state index contributed by atoms with van der Waals surface area (Å²) >= 11 is 0. The molecule has 0 unspecified atom stereocenters. The van der Waals surface area contributed by atoms with Crippen LogP contribution in [0, 0.1) is 0 Å². The normalized spacial score (nSPS) is 18.6. The van der Waals surface area contributed by atoms with Gasteiger partial charge in [-0.2, -0.15) is 0 Å². The fourth-order valence-electron chi connectivity index (χ4n) is 2.06. The van der Waals surface area contributed by atoms with E-state index in [9.17, 15) is 4.79 Å². The summed E-state index contributed by atoms with van der Waals surface area (Å²) in [6.45, 7) is 1.68. The number of hydrogen-bond donors (Lipinski definition) is 2. The monoisotopic (exact) mass is 252 g/mol. The van der Waals surface area contributed by atoms with E-state index in [2.05, 4.69) is 10.3 Å². The fraction of sp³-hybridized carbons (Fsp3) is 0.667. The third-order valence-corrected chi connectivity index (χ3v) is 3.39. The molecule has 0 aliphatic carbocycles. The lowest BCUT2D eigenvalue weighted by Gasteiger charge is -2.31. The van der Waals surface area contributed by atoms with Crippen LogP contribution in [0.1, 0.15) is 18.7 Å². The van der Waals surface area contributed by atoms with Gasteiger partial charge in [0, 0.05) is 45.6 Å². The largest absolute Gasteiger partial charge is 0.381 e. The molecule has 0 radical (unpaired) electrons. The molecule has 0 bridgehead atoms. The van der Waals surface area contributed by atoms with Gasteiger partial charge in [-0.05, 0) is 12.8 Å². The van der Waals surface area contributed by atoms with Crippen LogP contribution < -0.4 is 11.1 Å². The van der Waals surface area contributed by atoms with Gasteiger partial charge in [0.1, 0.15) is 5.82 Å². The minimum atomic E-state index is -0.764. The summed E-state index contributed by atoms with van der Waals surface area (Å²) in [7, 11) is 1.94. The molecule has 1 aliphatic heterocycles. The fourth-order valence-corrected chi connectivity index (χ4v) is 2.06. The van der Waals surface area contributed by atoms with Gasteiger partial charge in [0.05, 0.1) is 5.54 Å². The first-order valence-electron chi connectivity index (χ1n) is 6.23. The van der Waals surface area contributed by atoms with Crippen molar-refractivity contribution in [2.24, 2.45) is 12.8 Å². The van der Waals surface area contributed by atoms with Crippen LogP contribution in [0.5, 0.6) is 0 Å². The maximum absolute atomic E-state index is 12.0. The SMILES string of the molecule is Cn1ccnc1CCNC(=O)C1(N)CCOCC1. The molecule has 6 heteroatoms. The lowest BCUT2D eigenvalue weighted by Crippen LogP contribution is -2.57. The predicted molar refractivity (Wildman–Crippen MR) is 66.9 cm³/mol. The summed E-state index contributed by atoms with van der Waals surface area (Å²) in [5.41, 5.74) is 5.32. The van der Waals surface area contributed by atoms with E-state index < -0.39 is 5.54 Å². The molecule has 1 saturated heterocycles. The van der Waals surface area contributed by atoms with Crippen LogP contribution >= 0.6 is 0 Å². The molecule has 18 heavy (non-hydrogen) atoms. The Morgan fingerprint density at radius 3 is 2.94 bits per heavy atom. The van der Waals surface area contributed by atoms with Gasteiger partial charge in [-0.25, -0.2) is 4.98 Å². The topological polar surface area (TPSA) is 82.2 Å². The van der Waals surface area contributed by atoms with Crippen molar-refractivity contribution in [3.8, 4) is 0 Å². The zero-order valence-electron chi connectivity index (χ0n) is 10.7. The molecule has 1 aromatic rings. The number of ether oxygens (including phenoxy) is 1. The number of amides is 1. The van der Waals surface area contributed by atoms with Crippen LogP contribution in [0.2, 0.25) is 0 Å². The van der Waals surface area contributed by atoms with Crippen molar-refractivity contribution in [2.45, 2.75) is 24.8 Å². The number of carbonyl (C=O) groups is 1. The first-order chi connectivity index (χ1) is 8.62. The number of carbonyl (C=O) groups excluding carboxylic acids is 1. The average molecular weight is 252 g/mol. The molecule has 3 N–H and O–H groups in total. The van der Waals surface area contributed by atoms with E-state index in [1.807, 2.05) is 17.8 Å². The van der Waals surface area contributed by atoms with Crippen molar-refractivity contribution in [3.05, 3.63) is 18.2 Å². The van der Waals surface area contributed by atoms with Gasteiger partial charge in [-0.1, -0.05) is 0 Å². The van der Waals surface area contributed by atoms with E-state index in [0.29, 0.717) is 39.0 Å². The summed E-state index contributed by atoms with van der Waals surface area (Å²) in [5.74, 6) is 0.869. The number of nitrogens with one attached hydrogen (secondary N) is 1. The molecule has 0 aromatic carbocycles. The van der Waals surface area contributed by atoms with Crippen molar-refractivity contribution in [2.75, 3.05) is 19.8 Å². The molecule has 1 amide bonds. The lowest BCUT2D eigenvalue weighted by molar-refractivity contribution is -0.129. The highest BCUT2D eigenvalue weighted by molar-refractivity contribution is 5.86. The van der Waals surface area contributed by atoms with Gasteiger partial charge in [0.15, 0.2) is 0 Å². The predicted octanol–water partition coefficient (Wildman–Crippen LogP) is -0.413. The minimum absolute atomic E-state index is 0.0833. The second kappa shape index (κ2) is 5.49. The highest BCUT2D eigenvalue weighted by Crippen LogP contribution is 2.17. The van der Waals surface area contributed by atoms with Crippen molar-refractivity contribution >= 4 is 5.91 Å². The molecule has 0 spiro atoms. The Hall–Kier alpha value is -1.40. The molecule has 2 rings (SSSR count). The Morgan fingerprint density at radius 1 is 1.61 bits per heavy atom. The van der Waals surface area contributed by atoms with E-state index in [-0.39, 0.29) is 5.91 Å². The third kappa shape index (κ3) is 2.88. The van der Waals surface area contributed by atoms with E-state index in [1.54, 1.807) is 6.20 Å². The summed E-state index contributed by atoms with van der Waals surface area (Å²) in [5, 5.41) is 2.89. The number of aryl methyl sites for hydroxylation is 1. The maximum Gasteiger partial charge on any atom is 0.240 e. The van der Waals surface area contributed by atoms with Crippen LogP contribution in [0.3, 0.4) is 0 Å². The summed E-state index contributed by atoms with van der Waals surface area (Å²) in [4.78, 5) is 16.2. The second-order valence-corrected chi connectivity index (χ2v) is 4.73. The molecule has 1 fully saturated rings. The van der Waals surface area contributed by atoms with Crippen molar-refractivity contribution in [1.82, 2.24) is 14.9 Å². The molecule has 1 aromatic heterocycles. The Kier molecular flexibility index (Phi) is 3.98. The van der Waals surface area contributed by atoms with Crippen molar-refractivity contribution < 1.29 is 9.53 Å². The molecule has 100 valence electrons. The molecule has 2 heterocycles. The van der Waals surface area contributed by atoms with Gasteiger partial charge in [0.25, 0.3) is 0 Å². The first kappa shape index (κ1) is 13.0. The number of nitrogens with two attached hydrogens (primary N) is 1. The molecule has 0 atom stereocenters. The van der Waals surface area contributed by atoms with Crippen LogP contribution in [-0.4, -0.2) is 40.8 Å². The number of hydrogen-bond acceptors (Lipinski definition) is 4. The smallest absolute Gasteiger partial charge is 0.240 e. The molecule has 0 saturated carbocycles. The van der Waals surface area contributed by atoms with Gasteiger partial charge >= 0.3 is 0 Å². The van der Waals surface area contributed by atoms with Crippen molar-refractivity contribution in [1.29, 1.82) is 0 Å². The van der Waals surface area contributed by atoms with Crippen LogP contribution in [-0.2, 0) is 23.0 Å². The quantitative estimate of drug-likeness (QED) is 0.763. The summed E-state index contributed by atoms with van der Waals surface area (Å²) < 4.78 is 7.16. The zero-order chi connectivity index (χ0) is 13.0. The zero-order valence-corrected chi connectivity index (χ0v) is 10.7. The highest BCUT2D eigenvalue weighted by atomic mass is 16.5. The van der Waals surface area contributed by atoms with Gasteiger partial charge < -0.3 is 20.4 Å². The number of aromatic nitrogens is 2. The summed E-state index contributed by atoms with van der Waals surface area (Å²) in [6, 6.07) is 0. The van der Waals surface area contributed by atoms with E-state index in [0.717, 1.165) is 5.82 Å². The first-order valence-corrected chi connectivity index (χ1v) is 6.23. The second-order valence-electron chi connectivity index (χ2n) is 4.73. The van der Waals surface area contributed by atoms with Gasteiger partial charge in [-0.3, -0.25) is 4.79 Å². The lowest BCUT2D eigenvalue weighted by atomic mass is 9.90. The van der Waals surface area contributed by atoms with Crippen molar-refractivity contribution in [3.63, 3.8) is 0 Å². The standard InChI is InChI=1S/C12H20N4O2/c1-16-7-6-14-10(16)2-5-15-11(17)12(13)3-8-18-9-4-12/h6-7H,2-5,8-9,13H2,1H3,(H,15,17). The summed E-state index contributed by atoms with van der Waals surface area (Å²) in [6.07, 6.45) is 5.52. The molecular weight excluding hydrogens is 232 g/mol. The number of rotatable bonds is 4. The van der Waals surface area contributed by atoms with E-state index >= 15 is 0 Å². The Morgan fingerprint density at radius 2 is 2.33 bits per heavy atom.